The second-order valence-corrected chi connectivity index (χ2v) is 8.31. The molecule has 7 heteroatoms. The molecule has 1 atom stereocenters. The number of carbonyl (C=O) groups excluding carboxylic acids is 1. The molecule has 3 aromatic carbocycles. The van der Waals surface area contributed by atoms with Crippen LogP contribution in [-0.4, -0.2) is 27.5 Å². The number of carbonyl (C=O) groups is 1. The molecule has 0 fully saturated rings. The van der Waals surface area contributed by atoms with E-state index in [-0.39, 0.29) is 11.6 Å². The van der Waals surface area contributed by atoms with Crippen LogP contribution in [0.3, 0.4) is 0 Å². The Kier molecular flexibility index (Phi) is 6.47. The molecule has 0 spiro atoms. The Morgan fingerprint density at radius 1 is 1.06 bits per heavy atom. The third-order valence-corrected chi connectivity index (χ3v) is 6.03. The molecule has 4 rings (SSSR count). The highest BCUT2D eigenvalue weighted by Gasteiger charge is 2.24. The van der Waals surface area contributed by atoms with Gasteiger partial charge < -0.3 is 10.2 Å². The molecule has 0 aliphatic rings. The summed E-state index contributed by atoms with van der Waals surface area (Å²) in [7, 11) is 1.68. The lowest BCUT2D eigenvalue weighted by molar-refractivity contribution is 0.205. The van der Waals surface area contributed by atoms with Crippen molar-refractivity contribution in [2.75, 3.05) is 12.4 Å². The van der Waals surface area contributed by atoms with Crippen LogP contribution >= 0.6 is 11.6 Å². The first-order chi connectivity index (χ1) is 15.9. The smallest absolute Gasteiger partial charge is 0.318 e. The third-order valence-electron chi connectivity index (χ3n) is 5.77. The SMILES string of the molecule is CCc1ccc(-n2c(C(C)N(C)C(=O)Nc3ccc(Cl)cc3)nc3ccccc3c2=O)cc1. The van der Waals surface area contributed by atoms with Gasteiger partial charge in [0.05, 0.1) is 22.6 Å². The van der Waals surface area contributed by atoms with Crippen LogP contribution in [0.5, 0.6) is 0 Å². The Morgan fingerprint density at radius 3 is 2.39 bits per heavy atom. The molecule has 168 valence electrons. The van der Waals surface area contributed by atoms with Crippen molar-refractivity contribution in [3.63, 3.8) is 0 Å². The molecule has 0 saturated heterocycles. The minimum atomic E-state index is -0.486. The first-order valence-electron chi connectivity index (χ1n) is 10.8. The molecule has 0 saturated carbocycles. The number of benzene rings is 3. The highest BCUT2D eigenvalue weighted by atomic mass is 35.5. The van der Waals surface area contributed by atoms with Gasteiger partial charge in [-0.1, -0.05) is 42.8 Å². The fourth-order valence-electron chi connectivity index (χ4n) is 3.65. The van der Waals surface area contributed by atoms with E-state index in [1.165, 1.54) is 10.5 Å². The molecular weight excluding hydrogens is 436 g/mol. The molecule has 1 unspecified atom stereocenters. The van der Waals surface area contributed by atoms with Crippen molar-refractivity contribution in [2.24, 2.45) is 0 Å². The molecule has 1 heterocycles. The Hall–Kier alpha value is -3.64. The molecule has 2 amide bonds. The van der Waals surface area contributed by atoms with Crippen molar-refractivity contribution in [3.05, 3.63) is 99.6 Å². The average Bonchev–Trinajstić information content (AvgIpc) is 2.84. The zero-order chi connectivity index (χ0) is 23.5. The summed E-state index contributed by atoms with van der Waals surface area (Å²) in [6.07, 6.45) is 0.905. The van der Waals surface area contributed by atoms with Gasteiger partial charge >= 0.3 is 6.03 Å². The van der Waals surface area contributed by atoms with Crippen molar-refractivity contribution < 1.29 is 4.79 Å². The summed E-state index contributed by atoms with van der Waals surface area (Å²) in [5.41, 5.74) is 2.94. The van der Waals surface area contributed by atoms with Crippen LogP contribution in [-0.2, 0) is 6.42 Å². The number of aryl methyl sites for hydroxylation is 1. The van der Waals surface area contributed by atoms with Gasteiger partial charge in [-0.05, 0) is 67.4 Å². The molecule has 0 aliphatic heterocycles. The molecule has 1 aromatic heterocycles. The fraction of sp³-hybridized carbons (Fsp3) is 0.192. The van der Waals surface area contributed by atoms with Crippen LogP contribution in [0.25, 0.3) is 16.6 Å². The predicted octanol–water partition coefficient (Wildman–Crippen LogP) is 5.83. The summed E-state index contributed by atoms with van der Waals surface area (Å²) >= 11 is 5.93. The van der Waals surface area contributed by atoms with Crippen molar-refractivity contribution >= 4 is 34.2 Å². The van der Waals surface area contributed by atoms with Crippen molar-refractivity contribution in [2.45, 2.75) is 26.3 Å². The monoisotopic (exact) mass is 460 g/mol. The van der Waals surface area contributed by atoms with Crippen LogP contribution in [0, 0.1) is 0 Å². The van der Waals surface area contributed by atoms with E-state index in [1.54, 1.807) is 41.9 Å². The second-order valence-electron chi connectivity index (χ2n) is 7.87. The quantitative estimate of drug-likeness (QED) is 0.407. The number of urea groups is 1. The summed E-state index contributed by atoms with van der Waals surface area (Å²) in [6, 6.07) is 21.2. The van der Waals surface area contributed by atoms with Gasteiger partial charge in [0.2, 0.25) is 0 Å². The summed E-state index contributed by atoms with van der Waals surface area (Å²) in [4.78, 5) is 32.8. The lowest BCUT2D eigenvalue weighted by Crippen LogP contribution is -2.37. The highest BCUT2D eigenvalue weighted by Crippen LogP contribution is 2.23. The third kappa shape index (κ3) is 4.61. The molecule has 0 aliphatic carbocycles. The molecule has 6 nitrogen and oxygen atoms in total. The number of rotatable bonds is 5. The number of hydrogen-bond acceptors (Lipinski definition) is 3. The minimum Gasteiger partial charge on any atom is -0.318 e. The number of nitrogens with one attached hydrogen (secondary N) is 1. The Morgan fingerprint density at radius 2 is 1.73 bits per heavy atom. The lowest BCUT2D eigenvalue weighted by Gasteiger charge is -2.27. The maximum atomic E-state index is 13.5. The van der Waals surface area contributed by atoms with Gasteiger partial charge in [0.1, 0.15) is 5.82 Å². The van der Waals surface area contributed by atoms with E-state index in [1.807, 2.05) is 49.4 Å². The molecule has 1 N–H and O–H groups in total. The van der Waals surface area contributed by atoms with Crippen LogP contribution in [0.4, 0.5) is 10.5 Å². The molecule has 4 aromatic rings. The van der Waals surface area contributed by atoms with E-state index >= 15 is 0 Å². The standard InChI is InChI=1S/C26H25ClN4O2/c1-4-18-9-15-21(16-10-18)31-24(29-23-8-6-5-7-22(23)25(31)32)17(2)30(3)26(33)28-20-13-11-19(27)12-14-20/h5-17H,4H2,1-3H3,(H,28,33). The van der Waals surface area contributed by atoms with Crippen LogP contribution < -0.4 is 10.9 Å². The van der Waals surface area contributed by atoms with Crippen LogP contribution in [0.15, 0.2) is 77.6 Å². The van der Waals surface area contributed by atoms with Gasteiger partial charge in [-0.25, -0.2) is 9.78 Å². The van der Waals surface area contributed by atoms with E-state index in [0.717, 1.165) is 6.42 Å². The van der Waals surface area contributed by atoms with Gasteiger partial charge in [0.15, 0.2) is 0 Å². The molecule has 0 radical (unpaired) electrons. The van der Waals surface area contributed by atoms with E-state index in [9.17, 15) is 9.59 Å². The van der Waals surface area contributed by atoms with E-state index in [4.69, 9.17) is 16.6 Å². The maximum Gasteiger partial charge on any atom is 0.322 e. The number of aromatic nitrogens is 2. The topological polar surface area (TPSA) is 67.2 Å². The average molecular weight is 461 g/mol. The molecular formula is C26H25ClN4O2. The Balaban J connectivity index is 1.76. The van der Waals surface area contributed by atoms with Gasteiger partial charge in [-0.3, -0.25) is 9.36 Å². The van der Waals surface area contributed by atoms with Gasteiger partial charge in [0, 0.05) is 17.8 Å². The van der Waals surface area contributed by atoms with Crippen molar-refractivity contribution in [3.8, 4) is 5.69 Å². The number of para-hydroxylation sites is 1. The maximum absolute atomic E-state index is 13.5. The van der Waals surface area contributed by atoms with Crippen LogP contribution in [0.2, 0.25) is 5.02 Å². The first kappa shape index (κ1) is 22.6. The summed E-state index contributed by atoms with van der Waals surface area (Å²) in [5, 5.41) is 3.98. The number of nitrogens with zero attached hydrogens (tertiary/aromatic N) is 3. The fourth-order valence-corrected chi connectivity index (χ4v) is 3.78. The first-order valence-corrected chi connectivity index (χ1v) is 11.2. The highest BCUT2D eigenvalue weighted by molar-refractivity contribution is 6.30. The number of fused-ring (bicyclic) bond motifs is 1. The van der Waals surface area contributed by atoms with E-state index < -0.39 is 6.04 Å². The Labute approximate surface area is 197 Å². The number of halogens is 1. The van der Waals surface area contributed by atoms with Gasteiger partial charge in [-0.15, -0.1) is 0 Å². The normalized spacial score (nSPS) is 11.9. The summed E-state index contributed by atoms with van der Waals surface area (Å²) in [6.45, 7) is 3.94. The predicted molar refractivity (Wildman–Crippen MR) is 133 cm³/mol. The minimum absolute atomic E-state index is 0.168. The number of hydrogen-bond donors (Lipinski definition) is 1. The van der Waals surface area contributed by atoms with Crippen molar-refractivity contribution in [1.29, 1.82) is 0 Å². The lowest BCUT2D eigenvalue weighted by atomic mass is 10.1. The van der Waals surface area contributed by atoms with E-state index in [2.05, 4.69) is 12.2 Å². The summed E-state index contributed by atoms with van der Waals surface area (Å²) in [5.74, 6) is 0.483. The van der Waals surface area contributed by atoms with E-state index in [0.29, 0.717) is 33.1 Å². The second kappa shape index (κ2) is 9.46. The number of anilines is 1. The zero-order valence-electron chi connectivity index (χ0n) is 18.7. The van der Waals surface area contributed by atoms with Crippen LogP contribution in [0.1, 0.15) is 31.3 Å². The molecule has 33 heavy (non-hydrogen) atoms. The number of amides is 2. The van der Waals surface area contributed by atoms with Gasteiger partial charge in [-0.2, -0.15) is 0 Å². The summed E-state index contributed by atoms with van der Waals surface area (Å²) < 4.78 is 1.60. The van der Waals surface area contributed by atoms with Gasteiger partial charge in [0.25, 0.3) is 5.56 Å². The van der Waals surface area contributed by atoms with Crippen molar-refractivity contribution in [1.82, 2.24) is 14.5 Å². The Bertz CT molecular complexity index is 1350. The largest absolute Gasteiger partial charge is 0.322 e. The molecule has 0 bridgehead atoms. The zero-order valence-corrected chi connectivity index (χ0v) is 19.5.